The molecule has 0 fully saturated rings. The molecule has 5 heteroatoms. The summed E-state index contributed by atoms with van der Waals surface area (Å²) in [6.07, 6.45) is 9.54. The minimum atomic E-state index is -0.584. The highest BCUT2D eigenvalue weighted by Gasteiger charge is 2.19. The number of carbonyl (C=O) groups excluding carboxylic acids is 1. The summed E-state index contributed by atoms with van der Waals surface area (Å²) in [5.74, 6) is -0.584. The molecule has 0 spiro atoms. The maximum Gasteiger partial charge on any atom is 0.349 e. The van der Waals surface area contributed by atoms with Crippen LogP contribution >= 0.6 is 0 Å². The molecule has 0 saturated heterocycles. The number of carbonyl (C=O) groups is 1. The van der Waals surface area contributed by atoms with E-state index in [4.69, 9.17) is 4.74 Å². The van der Waals surface area contributed by atoms with Gasteiger partial charge >= 0.3 is 5.97 Å². The zero-order valence-corrected chi connectivity index (χ0v) is 15.7. The van der Waals surface area contributed by atoms with Crippen molar-refractivity contribution in [2.75, 3.05) is 38.2 Å². The van der Waals surface area contributed by atoms with Gasteiger partial charge in [-0.15, -0.1) is 0 Å². The van der Waals surface area contributed by atoms with Gasteiger partial charge in [0.1, 0.15) is 37.2 Å². The van der Waals surface area contributed by atoms with Crippen LogP contribution in [0.25, 0.3) is 6.08 Å². The fourth-order valence-corrected chi connectivity index (χ4v) is 2.78. The molecule has 0 aliphatic carbocycles. The molecule has 0 aromatic heterocycles. The largest absolute Gasteiger partial charge is 0.456 e. The molecule has 0 unspecified atom stereocenters. The van der Waals surface area contributed by atoms with Gasteiger partial charge in [-0.1, -0.05) is 12.1 Å². The van der Waals surface area contributed by atoms with Gasteiger partial charge in [0.2, 0.25) is 0 Å². The second-order valence-corrected chi connectivity index (χ2v) is 6.32. The number of likely N-dealkylation sites (N-methyl/N-ethyl adjacent to an activating group) is 1. The summed E-state index contributed by atoms with van der Waals surface area (Å²) < 4.78 is 5.86. The molecule has 1 aliphatic rings. The van der Waals surface area contributed by atoms with Crippen LogP contribution in [0, 0.1) is 11.3 Å². The Balaban J connectivity index is 1.98. The minimum absolute atomic E-state index is 0.00995. The maximum atomic E-state index is 12.2. The number of rotatable bonds is 8. The number of hydrogen-bond acceptors (Lipinski definition) is 4. The summed E-state index contributed by atoms with van der Waals surface area (Å²) in [7, 11) is 2.02. The van der Waals surface area contributed by atoms with E-state index in [1.165, 1.54) is 0 Å². The minimum Gasteiger partial charge on any atom is -0.456 e. The van der Waals surface area contributed by atoms with Gasteiger partial charge in [0.25, 0.3) is 0 Å². The second kappa shape index (κ2) is 9.02. The first-order valence-electron chi connectivity index (χ1n) is 8.87. The van der Waals surface area contributed by atoms with Gasteiger partial charge in [0.15, 0.2) is 0 Å². The van der Waals surface area contributed by atoms with Crippen molar-refractivity contribution in [2.45, 2.75) is 13.8 Å². The third-order valence-corrected chi connectivity index (χ3v) is 4.44. The summed E-state index contributed by atoms with van der Waals surface area (Å²) in [5.41, 5.74) is 1.94. The van der Waals surface area contributed by atoms with Crippen molar-refractivity contribution in [2.24, 2.45) is 0 Å². The van der Waals surface area contributed by atoms with E-state index in [0.29, 0.717) is 11.0 Å². The molecule has 0 radical (unpaired) electrons. The van der Waals surface area contributed by atoms with E-state index in [9.17, 15) is 10.1 Å². The topological polar surface area (TPSA) is 53.3 Å². The number of anilines is 1. The van der Waals surface area contributed by atoms with Crippen molar-refractivity contribution in [3.63, 3.8) is 0 Å². The number of quaternary nitrogens is 1. The predicted molar refractivity (Wildman–Crippen MR) is 104 cm³/mol. The van der Waals surface area contributed by atoms with Crippen LogP contribution in [0.5, 0.6) is 0 Å². The van der Waals surface area contributed by atoms with E-state index in [1.54, 1.807) is 6.08 Å². The van der Waals surface area contributed by atoms with E-state index in [2.05, 4.69) is 18.7 Å². The zero-order valence-electron chi connectivity index (χ0n) is 15.7. The molecule has 1 heterocycles. The van der Waals surface area contributed by atoms with Crippen molar-refractivity contribution in [1.29, 1.82) is 5.26 Å². The standard InChI is InChI=1S/C21H26N3O2/c1-4-23(5-2)20-10-8-18(9-11-20)16-19(17-22)21(25)26-15-14-24(3)12-6-7-13-24/h6-13,16H,4-5,14-15H2,1-3H3/q+1/b19-16+. The monoisotopic (exact) mass is 352 g/mol. The fourth-order valence-electron chi connectivity index (χ4n) is 2.78. The van der Waals surface area contributed by atoms with Crippen LogP contribution in [0.1, 0.15) is 19.4 Å². The smallest absolute Gasteiger partial charge is 0.349 e. The Morgan fingerprint density at radius 2 is 1.81 bits per heavy atom. The Bertz CT molecular complexity index is 738. The number of hydrogen-bond donors (Lipinski definition) is 0. The molecule has 0 atom stereocenters. The molecule has 1 aliphatic heterocycles. The summed E-state index contributed by atoms with van der Waals surface area (Å²) in [6.45, 7) is 6.97. The molecule has 0 saturated carbocycles. The summed E-state index contributed by atoms with van der Waals surface area (Å²) in [5, 5.41) is 9.28. The normalized spacial score (nSPS) is 14.9. The quantitative estimate of drug-likeness (QED) is 0.311. The Hall–Kier alpha value is -2.84. The summed E-state index contributed by atoms with van der Waals surface area (Å²) >= 11 is 0. The van der Waals surface area contributed by atoms with Crippen LogP contribution < -0.4 is 4.90 Å². The molecular weight excluding hydrogens is 326 g/mol. The molecule has 0 N–H and O–H groups in total. The van der Waals surface area contributed by atoms with Crippen LogP contribution in [0.4, 0.5) is 5.69 Å². The van der Waals surface area contributed by atoms with Crippen LogP contribution in [-0.4, -0.2) is 43.7 Å². The molecule has 26 heavy (non-hydrogen) atoms. The SMILES string of the molecule is CCN(CC)c1ccc(/C=C(\C#N)C(=O)OCC[N+]2(C)C=CC=C2)cc1. The van der Waals surface area contributed by atoms with Gasteiger partial charge in [-0.05, 0) is 49.8 Å². The molecule has 0 amide bonds. The fraction of sp³-hybridized carbons (Fsp3) is 0.333. The Labute approximate surface area is 155 Å². The molecule has 0 bridgehead atoms. The highest BCUT2D eigenvalue weighted by atomic mass is 16.5. The number of esters is 1. The molecule has 5 nitrogen and oxygen atoms in total. The van der Waals surface area contributed by atoms with Crippen molar-refractivity contribution in [3.05, 3.63) is 60.0 Å². The van der Waals surface area contributed by atoms with E-state index >= 15 is 0 Å². The van der Waals surface area contributed by atoms with Crippen LogP contribution in [0.15, 0.2) is 54.4 Å². The van der Waals surface area contributed by atoms with E-state index in [0.717, 1.165) is 24.3 Å². The van der Waals surface area contributed by atoms with Crippen molar-refractivity contribution >= 4 is 17.7 Å². The number of allylic oxidation sites excluding steroid dienone is 2. The van der Waals surface area contributed by atoms with Gasteiger partial charge < -0.3 is 9.64 Å². The van der Waals surface area contributed by atoms with Crippen molar-refractivity contribution in [3.8, 4) is 6.07 Å². The van der Waals surface area contributed by atoms with Gasteiger partial charge in [0, 0.05) is 18.8 Å². The van der Waals surface area contributed by atoms with Crippen molar-refractivity contribution < 1.29 is 14.0 Å². The highest BCUT2D eigenvalue weighted by molar-refractivity contribution is 5.97. The lowest BCUT2D eigenvalue weighted by atomic mass is 10.1. The van der Waals surface area contributed by atoms with Gasteiger partial charge in [-0.25, -0.2) is 4.79 Å². The maximum absolute atomic E-state index is 12.2. The Morgan fingerprint density at radius 3 is 2.35 bits per heavy atom. The van der Waals surface area contributed by atoms with E-state index in [-0.39, 0.29) is 12.2 Å². The number of ether oxygens (including phenoxy) is 1. The number of benzene rings is 1. The summed E-state index contributed by atoms with van der Waals surface area (Å²) in [6, 6.07) is 9.75. The Morgan fingerprint density at radius 1 is 1.19 bits per heavy atom. The average Bonchev–Trinajstić information content (AvgIpc) is 3.08. The Kier molecular flexibility index (Phi) is 6.76. The molecule has 1 aromatic rings. The first kappa shape index (κ1) is 19.5. The first-order valence-corrected chi connectivity index (χ1v) is 8.87. The van der Waals surface area contributed by atoms with Crippen LogP contribution in [-0.2, 0) is 9.53 Å². The van der Waals surface area contributed by atoms with Crippen LogP contribution in [0.3, 0.4) is 0 Å². The molecule has 136 valence electrons. The van der Waals surface area contributed by atoms with Gasteiger partial charge in [-0.3, -0.25) is 4.48 Å². The second-order valence-electron chi connectivity index (χ2n) is 6.32. The van der Waals surface area contributed by atoms with Crippen molar-refractivity contribution in [1.82, 2.24) is 0 Å². The van der Waals surface area contributed by atoms with Gasteiger partial charge in [0.05, 0.1) is 7.05 Å². The third-order valence-electron chi connectivity index (χ3n) is 4.44. The van der Waals surface area contributed by atoms with E-state index < -0.39 is 5.97 Å². The number of nitriles is 1. The molecular formula is C21H26N3O2+. The third kappa shape index (κ3) is 5.08. The lowest BCUT2D eigenvalue weighted by Gasteiger charge is -2.22. The molecule has 1 aromatic carbocycles. The zero-order chi connectivity index (χ0) is 19.0. The van der Waals surface area contributed by atoms with Crippen LogP contribution in [0.2, 0.25) is 0 Å². The predicted octanol–water partition coefficient (Wildman–Crippen LogP) is 3.47. The lowest BCUT2D eigenvalue weighted by Crippen LogP contribution is -2.34. The molecule has 2 rings (SSSR count). The first-order chi connectivity index (χ1) is 12.5. The average molecular weight is 352 g/mol. The highest BCUT2D eigenvalue weighted by Crippen LogP contribution is 2.17. The lowest BCUT2D eigenvalue weighted by molar-refractivity contribution is -0.804. The van der Waals surface area contributed by atoms with E-state index in [1.807, 2.05) is 61.9 Å². The summed E-state index contributed by atoms with van der Waals surface area (Å²) in [4.78, 5) is 14.4. The number of nitrogens with zero attached hydrogens (tertiary/aromatic N) is 3. The van der Waals surface area contributed by atoms with Gasteiger partial charge in [-0.2, -0.15) is 5.26 Å².